The third kappa shape index (κ3) is 4.41. The fraction of sp³-hybridized carbons (Fsp3) is 0.684. The number of aromatic nitrogens is 5. The van der Waals surface area contributed by atoms with Gasteiger partial charge in [-0.2, -0.15) is 0 Å². The summed E-state index contributed by atoms with van der Waals surface area (Å²) in [6.07, 6.45) is 8.75. The molecule has 9 heteroatoms. The summed E-state index contributed by atoms with van der Waals surface area (Å²) >= 11 is 0. The summed E-state index contributed by atoms with van der Waals surface area (Å²) in [5, 5.41) is 8.95. The van der Waals surface area contributed by atoms with Crippen molar-refractivity contribution in [2.45, 2.75) is 32.7 Å². The lowest BCUT2D eigenvalue weighted by atomic mass is 9.93. The number of rotatable bonds is 6. The molecule has 0 unspecified atom stereocenters. The van der Waals surface area contributed by atoms with Crippen molar-refractivity contribution in [1.29, 1.82) is 0 Å². The molecule has 0 spiro atoms. The van der Waals surface area contributed by atoms with Crippen molar-refractivity contribution in [2.75, 3.05) is 49.1 Å². The van der Waals surface area contributed by atoms with Crippen molar-refractivity contribution in [3.05, 3.63) is 18.6 Å². The maximum absolute atomic E-state index is 11.8. The van der Waals surface area contributed by atoms with Crippen LogP contribution in [0.1, 0.15) is 26.2 Å². The molecule has 4 rings (SSSR count). The van der Waals surface area contributed by atoms with Gasteiger partial charge in [0.05, 0.1) is 6.20 Å². The van der Waals surface area contributed by atoms with Gasteiger partial charge in [0.2, 0.25) is 5.95 Å². The van der Waals surface area contributed by atoms with E-state index in [9.17, 15) is 4.21 Å². The lowest BCUT2D eigenvalue weighted by Crippen LogP contribution is -2.39. The molecule has 4 heterocycles. The van der Waals surface area contributed by atoms with Gasteiger partial charge in [-0.25, -0.2) is 4.98 Å². The number of piperidine rings is 1. The van der Waals surface area contributed by atoms with E-state index in [1.807, 2.05) is 0 Å². The third-order valence-electron chi connectivity index (χ3n) is 5.90. The van der Waals surface area contributed by atoms with E-state index in [4.69, 9.17) is 0 Å². The van der Waals surface area contributed by atoms with Crippen LogP contribution in [0.25, 0.3) is 11.5 Å². The minimum absolute atomic E-state index is 0.697. The summed E-state index contributed by atoms with van der Waals surface area (Å²) in [4.78, 5) is 13.4. The van der Waals surface area contributed by atoms with Gasteiger partial charge in [-0.05, 0) is 44.8 Å². The Kier molecular flexibility index (Phi) is 6.31. The largest absolute Gasteiger partial charge is 0.339 e. The van der Waals surface area contributed by atoms with Crippen molar-refractivity contribution in [1.82, 2.24) is 29.6 Å². The standard InChI is InChI=1S/C19H29N7OS/c1-2-24-8-3-16(4-9-24)5-10-26-18(17-15-20-6-7-21-17)22-23-19(26)25-11-13-28(27)14-12-25/h6-7,15-16H,2-5,8-14H2,1H3. The van der Waals surface area contributed by atoms with Crippen LogP contribution in [-0.4, -0.2) is 78.1 Å². The van der Waals surface area contributed by atoms with E-state index >= 15 is 0 Å². The molecule has 0 bridgehead atoms. The maximum atomic E-state index is 11.8. The van der Waals surface area contributed by atoms with Crippen LogP contribution < -0.4 is 4.90 Å². The second kappa shape index (κ2) is 9.09. The Morgan fingerprint density at radius 1 is 1.11 bits per heavy atom. The van der Waals surface area contributed by atoms with Crippen molar-refractivity contribution in [2.24, 2.45) is 5.92 Å². The lowest BCUT2D eigenvalue weighted by molar-refractivity contribution is 0.183. The summed E-state index contributed by atoms with van der Waals surface area (Å²) in [5.41, 5.74) is 0.752. The number of likely N-dealkylation sites (tertiary alicyclic amines) is 1. The van der Waals surface area contributed by atoms with Gasteiger partial charge in [0.15, 0.2) is 5.82 Å². The van der Waals surface area contributed by atoms with Gasteiger partial charge in [-0.3, -0.25) is 13.8 Å². The smallest absolute Gasteiger partial charge is 0.227 e. The first-order valence-corrected chi connectivity index (χ1v) is 11.7. The molecule has 0 amide bonds. The van der Waals surface area contributed by atoms with Crippen LogP contribution in [0.4, 0.5) is 5.95 Å². The van der Waals surface area contributed by atoms with Crippen LogP contribution in [0.3, 0.4) is 0 Å². The van der Waals surface area contributed by atoms with E-state index in [2.05, 4.69) is 41.5 Å². The number of nitrogens with zero attached hydrogens (tertiary/aromatic N) is 7. The second-order valence-electron chi connectivity index (χ2n) is 7.57. The van der Waals surface area contributed by atoms with Crippen LogP contribution in [0.5, 0.6) is 0 Å². The van der Waals surface area contributed by atoms with Crippen molar-refractivity contribution in [3.63, 3.8) is 0 Å². The first-order chi connectivity index (χ1) is 13.7. The topological polar surface area (TPSA) is 80.0 Å². The fourth-order valence-corrected chi connectivity index (χ4v) is 5.13. The fourth-order valence-electron chi connectivity index (χ4n) is 4.08. The predicted molar refractivity (Wildman–Crippen MR) is 111 cm³/mol. The average Bonchev–Trinajstić information content (AvgIpc) is 3.17. The Morgan fingerprint density at radius 3 is 2.57 bits per heavy atom. The van der Waals surface area contributed by atoms with Gasteiger partial charge in [-0.1, -0.05) is 6.92 Å². The number of hydrogen-bond acceptors (Lipinski definition) is 7. The second-order valence-corrected chi connectivity index (χ2v) is 9.26. The number of anilines is 1. The molecule has 8 nitrogen and oxygen atoms in total. The van der Waals surface area contributed by atoms with Crippen molar-refractivity contribution >= 4 is 16.7 Å². The molecule has 2 aromatic rings. The molecule has 0 aliphatic carbocycles. The summed E-state index contributed by atoms with van der Waals surface area (Å²) in [5.74, 6) is 3.79. The molecule has 0 N–H and O–H groups in total. The molecular formula is C19H29N7OS. The zero-order valence-electron chi connectivity index (χ0n) is 16.5. The van der Waals surface area contributed by atoms with Gasteiger partial charge in [-0.15, -0.1) is 10.2 Å². The van der Waals surface area contributed by atoms with Crippen LogP contribution in [0, 0.1) is 5.92 Å². The highest BCUT2D eigenvalue weighted by atomic mass is 32.2. The Bertz CT molecular complexity index is 779. The zero-order chi connectivity index (χ0) is 19.3. The molecule has 2 fully saturated rings. The molecule has 2 aromatic heterocycles. The molecule has 152 valence electrons. The first-order valence-electron chi connectivity index (χ1n) is 10.3. The SMILES string of the molecule is CCN1CCC(CCn2c(-c3cnccn3)nnc2N2CCS(=O)CC2)CC1. The summed E-state index contributed by atoms with van der Waals surface area (Å²) < 4.78 is 14.0. The third-order valence-corrected chi connectivity index (χ3v) is 7.18. The molecule has 2 aliphatic rings. The predicted octanol–water partition coefficient (Wildman–Crippen LogP) is 1.43. The molecule has 0 atom stereocenters. The normalized spacial score (nSPS) is 20.0. The summed E-state index contributed by atoms with van der Waals surface area (Å²) in [6.45, 7) is 8.19. The Balaban J connectivity index is 1.52. The van der Waals surface area contributed by atoms with E-state index in [1.165, 1.54) is 25.9 Å². The molecule has 2 saturated heterocycles. The molecule has 0 radical (unpaired) electrons. The van der Waals surface area contributed by atoms with Gasteiger partial charge >= 0.3 is 0 Å². The summed E-state index contributed by atoms with van der Waals surface area (Å²) in [7, 11) is -0.709. The molecular weight excluding hydrogens is 374 g/mol. The van der Waals surface area contributed by atoms with Gasteiger partial charge < -0.3 is 9.80 Å². The van der Waals surface area contributed by atoms with E-state index in [1.54, 1.807) is 18.6 Å². The molecule has 28 heavy (non-hydrogen) atoms. The highest BCUT2D eigenvalue weighted by molar-refractivity contribution is 7.85. The van der Waals surface area contributed by atoms with E-state index in [-0.39, 0.29) is 0 Å². The first kappa shape index (κ1) is 19.4. The maximum Gasteiger partial charge on any atom is 0.227 e. The monoisotopic (exact) mass is 403 g/mol. The quantitative estimate of drug-likeness (QED) is 0.722. The van der Waals surface area contributed by atoms with E-state index in [0.717, 1.165) is 56.0 Å². The average molecular weight is 404 g/mol. The molecule has 2 aliphatic heterocycles. The van der Waals surface area contributed by atoms with E-state index in [0.29, 0.717) is 11.5 Å². The Labute approximate surface area is 168 Å². The lowest BCUT2D eigenvalue weighted by Gasteiger charge is -2.31. The van der Waals surface area contributed by atoms with Crippen LogP contribution in [-0.2, 0) is 17.3 Å². The Hall–Kier alpha value is -1.87. The van der Waals surface area contributed by atoms with Gasteiger partial charge in [0.1, 0.15) is 5.69 Å². The van der Waals surface area contributed by atoms with Crippen LogP contribution in [0.15, 0.2) is 18.6 Å². The number of hydrogen-bond donors (Lipinski definition) is 0. The molecule has 0 saturated carbocycles. The summed E-state index contributed by atoms with van der Waals surface area (Å²) in [6, 6.07) is 0. The zero-order valence-corrected chi connectivity index (χ0v) is 17.4. The van der Waals surface area contributed by atoms with Crippen molar-refractivity contribution in [3.8, 4) is 11.5 Å². The highest BCUT2D eigenvalue weighted by Gasteiger charge is 2.25. The van der Waals surface area contributed by atoms with Crippen molar-refractivity contribution < 1.29 is 4.21 Å². The van der Waals surface area contributed by atoms with Gasteiger partial charge in [0.25, 0.3) is 0 Å². The minimum atomic E-state index is -0.709. The van der Waals surface area contributed by atoms with Gasteiger partial charge in [0, 0.05) is 54.3 Å². The Morgan fingerprint density at radius 2 is 1.89 bits per heavy atom. The van der Waals surface area contributed by atoms with Crippen LogP contribution >= 0.6 is 0 Å². The van der Waals surface area contributed by atoms with E-state index < -0.39 is 10.8 Å². The van der Waals surface area contributed by atoms with Crippen LogP contribution in [0.2, 0.25) is 0 Å². The molecule has 0 aromatic carbocycles. The highest BCUT2D eigenvalue weighted by Crippen LogP contribution is 2.26. The minimum Gasteiger partial charge on any atom is -0.339 e.